The minimum Gasteiger partial charge on any atom is -0.326 e. The quantitative estimate of drug-likeness (QED) is 0.823. The Hall–Kier alpha value is -2.87. The standard InChI is InChI=1S/C20H23N3O4S/c1-13(24)21-15-5-7-16(8-6-15)22-28(26,27)17-9-10-19-18(11-17)20(3,4)12-23(19)14(2)25/h5-11,22H,12H2,1-4H3,(H,21,24). The van der Waals surface area contributed by atoms with Gasteiger partial charge in [-0.15, -0.1) is 0 Å². The fourth-order valence-corrected chi connectivity index (χ4v) is 4.43. The van der Waals surface area contributed by atoms with Gasteiger partial charge < -0.3 is 10.2 Å². The molecular weight excluding hydrogens is 378 g/mol. The lowest BCUT2D eigenvalue weighted by atomic mass is 9.87. The smallest absolute Gasteiger partial charge is 0.261 e. The Morgan fingerprint density at radius 3 is 2.18 bits per heavy atom. The molecule has 3 rings (SSSR count). The van der Waals surface area contributed by atoms with Crippen molar-refractivity contribution in [1.82, 2.24) is 0 Å². The third-order valence-corrected chi connectivity index (χ3v) is 6.07. The Balaban J connectivity index is 1.89. The molecule has 0 aliphatic carbocycles. The van der Waals surface area contributed by atoms with Crippen molar-refractivity contribution in [2.75, 3.05) is 21.5 Å². The van der Waals surface area contributed by atoms with E-state index in [0.29, 0.717) is 17.9 Å². The molecule has 8 heteroatoms. The first-order chi connectivity index (χ1) is 13.0. The maximum atomic E-state index is 12.8. The second-order valence-electron chi connectivity index (χ2n) is 7.53. The summed E-state index contributed by atoms with van der Waals surface area (Å²) in [6, 6.07) is 11.2. The van der Waals surface area contributed by atoms with Crippen molar-refractivity contribution < 1.29 is 18.0 Å². The zero-order valence-corrected chi connectivity index (χ0v) is 17.1. The van der Waals surface area contributed by atoms with Gasteiger partial charge in [-0.1, -0.05) is 13.8 Å². The summed E-state index contributed by atoms with van der Waals surface area (Å²) < 4.78 is 28.2. The number of amides is 2. The number of sulfonamides is 1. The van der Waals surface area contributed by atoms with Crippen LogP contribution in [0.2, 0.25) is 0 Å². The lowest BCUT2D eigenvalue weighted by Crippen LogP contribution is -2.31. The molecule has 1 heterocycles. The third kappa shape index (κ3) is 3.87. The molecule has 0 fully saturated rings. The number of nitrogens with one attached hydrogen (secondary N) is 2. The highest BCUT2D eigenvalue weighted by Crippen LogP contribution is 2.41. The topological polar surface area (TPSA) is 95.6 Å². The number of fused-ring (bicyclic) bond motifs is 1. The molecule has 2 amide bonds. The highest BCUT2D eigenvalue weighted by atomic mass is 32.2. The Kier molecular flexibility index (Phi) is 4.93. The fraction of sp³-hybridized carbons (Fsp3) is 0.300. The van der Waals surface area contributed by atoms with Gasteiger partial charge in [0.1, 0.15) is 0 Å². The number of rotatable bonds is 4. The highest BCUT2D eigenvalue weighted by molar-refractivity contribution is 7.92. The van der Waals surface area contributed by atoms with Crippen molar-refractivity contribution in [3.05, 3.63) is 48.0 Å². The van der Waals surface area contributed by atoms with Crippen LogP contribution in [0.15, 0.2) is 47.4 Å². The van der Waals surface area contributed by atoms with Crippen LogP contribution in [0.4, 0.5) is 17.1 Å². The van der Waals surface area contributed by atoms with Crippen molar-refractivity contribution in [3.8, 4) is 0 Å². The molecule has 0 bridgehead atoms. The molecule has 28 heavy (non-hydrogen) atoms. The molecule has 0 atom stereocenters. The van der Waals surface area contributed by atoms with Crippen molar-refractivity contribution in [3.63, 3.8) is 0 Å². The number of carbonyl (C=O) groups is 2. The molecule has 7 nitrogen and oxygen atoms in total. The second-order valence-corrected chi connectivity index (χ2v) is 9.21. The van der Waals surface area contributed by atoms with Gasteiger partial charge in [0, 0.05) is 42.9 Å². The number of anilines is 3. The molecule has 1 aliphatic rings. The van der Waals surface area contributed by atoms with Crippen LogP contribution in [0.3, 0.4) is 0 Å². The van der Waals surface area contributed by atoms with E-state index in [1.54, 1.807) is 41.3 Å². The summed E-state index contributed by atoms with van der Waals surface area (Å²) in [6.07, 6.45) is 0. The second kappa shape index (κ2) is 6.94. The van der Waals surface area contributed by atoms with Crippen LogP contribution < -0.4 is 14.9 Å². The van der Waals surface area contributed by atoms with E-state index in [1.807, 2.05) is 13.8 Å². The Morgan fingerprint density at radius 1 is 1.00 bits per heavy atom. The largest absolute Gasteiger partial charge is 0.326 e. The van der Waals surface area contributed by atoms with E-state index in [2.05, 4.69) is 10.0 Å². The Bertz CT molecular complexity index is 1040. The summed E-state index contributed by atoms with van der Waals surface area (Å²) in [5.74, 6) is -0.270. The van der Waals surface area contributed by atoms with E-state index in [1.165, 1.54) is 19.9 Å². The normalized spacial score (nSPS) is 15.1. The van der Waals surface area contributed by atoms with Crippen LogP contribution in [-0.2, 0) is 25.0 Å². The summed E-state index contributed by atoms with van der Waals surface area (Å²) in [4.78, 5) is 24.8. The van der Waals surface area contributed by atoms with Crippen LogP contribution in [0.5, 0.6) is 0 Å². The first-order valence-electron chi connectivity index (χ1n) is 8.83. The van der Waals surface area contributed by atoms with Gasteiger partial charge in [-0.25, -0.2) is 8.42 Å². The molecule has 2 aromatic rings. The monoisotopic (exact) mass is 401 g/mol. The molecular formula is C20H23N3O4S. The number of carbonyl (C=O) groups excluding carboxylic acids is 2. The minimum atomic E-state index is -3.80. The minimum absolute atomic E-state index is 0.0696. The van der Waals surface area contributed by atoms with Gasteiger partial charge in [0.2, 0.25) is 11.8 Å². The average molecular weight is 401 g/mol. The molecule has 0 saturated heterocycles. The molecule has 0 unspecified atom stereocenters. The van der Waals surface area contributed by atoms with Crippen LogP contribution in [-0.4, -0.2) is 26.8 Å². The maximum absolute atomic E-state index is 12.8. The first kappa shape index (κ1) is 19.9. The average Bonchev–Trinajstić information content (AvgIpc) is 2.87. The predicted molar refractivity (Wildman–Crippen MR) is 109 cm³/mol. The third-order valence-electron chi connectivity index (χ3n) is 4.69. The molecule has 148 valence electrons. The van der Waals surface area contributed by atoms with E-state index in [0.717, 1.165) is 11.3 Å². The number of hydrogen-bond acceptors (Lipinski definition) is 4. The van der Waals surface area contributed by atoms with E-state index in [-0.39, 0.29) is 22.1 Å². The molecule has 1 aliphatic heterocycles. The number of nitrogens with zero attached hydrogens (tertiary/aromatic N) is 1. The molecule has 0 spiro atoms. The lowest BCUT2D eigenvalue weighted by Gasteiger charge is -2.19. The maximum Gasteiger partial charge on any atom is 0.261 e. The molecule has 2 N–H and O–H groups in total. The van der Waals surface area contributed by atoms with E-state index in [9.17, 15) is 18.0 Å². The van der Waals surface area contributed by atoms with Gasteiger partial charge in [-0.05, 0) is 48.0 Å². The van der Waals surface area contributed by atoms with Crippen LogP contribution in [0, 0.1) is 0 Å². The van der Waals surface area contributed by atoms with Crippen LogP contribution >= 0.6 is 0 Å². The number of benzene rings is 2. The van der Waals surface area contributed by atoms with Crippen molar-refractivity contribution in [1.29, 1.82) is 0 Å². The fourth-order valence-electron chi connectivity index (χ4n) is 3.35. The lowest BCUT2D eigenvalue weighted by molar-refractivity contribution is -0.116. The SMILES string of the molecule is CC(=O)Nc1ccc(NS(=O)(=O)c2ccc3c(c2)C(C)(C)CN3C(C)=O)cc1. The van der Waals surface area contributed by atoms with Crippen molar-refractivity contribution in [2.24, 2.45) is 0 Å². The van der Waals surface area contributed by atoms with Crippen LogP contribution in [0.1, 0.15) is 33.3 Å². The number of hydrogen-bond donors (Lipinski definition) is 2. The van der Waals surface area contributed by atoms with Gasteiger partial charge in [0.25, 0.3) is 10.0 Å². The summed E-state index contributed by atoms with van der Waals surface area (Å²) in [6.45, 7) is 7.39. The summed E-state index contributed by atoms with van der Waals surface area (Å²) in [7, 11) is -3.80. The van der Waals surface area contributed by atoms with Crippen LogP contribution in [0.25, 0.3) is 0 Å². The van der Waals surface area contributed by atoms with Gasteiger partial charge in [0.05, 0.1) is 4.90 Å². The van der Waals surface area contributed by atoms with Crippen molar-refractivity contribution in [2.45, 2.75) is 38.0 Å². The highest BCUT2D eigenvalue weighted by Gasteiger charge is 2.37. The van der Waals surface area contributed by atoms with Gasteiger partial charge in [0.15, 0.2) is 0 Å². The zero-order chi connectivity index (χ0) is 20.7. The van der Waals surface area contributed by atoms with Gasteiger partial charge in [-0.3, -0.25) is 14.3 Å². The summed E-state index contributed by atoms with van der Waals surface area (Å²) in [5.41, 5.74) is 2.20. The zero-order valence-electron chi connectivity index (χ0n) is 16.2. The van der Waals surface area contributed by atoms with Gasteiger partial charge >= 0.3 is 0 Å². The van der Waals surface area contributed by atoms with E-state index in [4.69, 9.17) is 0 Å². The Morgan fingerprint density at radius 2 is 1.61 bits per heavy atom. The molecule has 0 saturated carbocycles. The van der Waals surface area contributed by atoms with E-state index >= 15 is 0 Å². The molecule has 0 radical (unpaired) electrons. The van der Waals surface area contributed by atoms with Gasteiger partial charge in [-0.2, -0.15) is 0 Å². The first-order valence-corrected chi connectivity index (χ1v) is 10.3. The molecule has 2 aromatic carbocycles. The molecule has 0 aromatic heterocycles. The van der Waals surface area contributed by atoms with E-state index < -0.39 is 10.0 Å². The Labute approximate surface area is 164 Å². The summed E-state index contributed by atoms with van der Waals surface area (Å²) in [5, 5.41) is 2.63. The van der Waals surface area contributed by atoms with Crippen molar-refractivity contribution >= 4 is 38.9 Å². The summed E-state index contributed by atoms with van der Waals surface area (Å²) >= 11 is 0. The predicted octanol–water partition coefficient (Wildman–Crippen LogP) is 3.09.